The number of carboxylic acid groups (broad SMARTS) is 1. The van der Waals surface area contributed by atoms with Crippen molar-refractivity contribution in [2.75, 3.05) is 19.8 Å². The van der Waals surface area contributed by atoms with Gasteiger partial charge in [-0.15, -0.1) is 0 Å². The number of rotatable bonds is 9. The van der Waals surface area contributed by atoms with Crippen molar-refractivity contribution in [3.63, 3.8) is 0 Å². The van der Waals surface area contributed by atoms with Gasteiger partial charge in [-0.1, -0.05) is 13.3 Å². The van der Waals surface area contributed by atoms with Crippen LogP contribution in [-0.2, 0) is 14.3 Å². The van der Waals surface area contributed by atoms with E-state index in [0.29, 0.717) is 19.6 Å². The van der Waals surface area contributed by atoms with Crippen molar-refractivity contribution >= 4 is 11.9 Å². The first-order valence-electron chi connectivity index (χ1n) is 5.98. The van der Waals surface area contributed by atoms with Gasteiger partial charge in [-0.2, -0.15) is 0 Å². The number of ether oxygens (including phenoxy) is 1. The van der Waals surface area contributed by atoms with Crippen molar-refractivity contribution < 1.29 is 19.4 Å². The molecule has 0 aliphatic carbocycles. The van der Waals surface area contributed by atoms with Crippen LogP contribution in [0.15, 0.2) is 0 Å². The first kappa shape index (κ1) is 15.9. The molecule has 0 aliphatic heterocycles. The van der Waals surface area contributed by atoms with Gasteiger partial charge in [0.25, 0.3) is 0 Å². The fourth-order valence-corrected chi connectivity index (χ4v) is 1.08. The minimum Gasteiger partial charge on any atom is -0.481 e. The van der Waals surface area contributed by atoms with Crippen molar-refractivity contribution in [1.82, 2.24) is 5.32 Å². The van der Waals surface area contributed by atoms with Gasteiger partial charge in [-0.3, -0.25) is 9.59 Å². The van der Waals surface area contributed by atoms with Gasteiger partial charge in [0.1, 0.15) is 6.61 Å². The average molecular weight is 245 g/mol. The average Bonchev–Trinajstić information content (AvgIpc) is 2.24. The van der Waals surface area contributed by atoms with Crippen molar-refractivity contribution in [2.45, 2.75) is 40.0 Å². The summed E-state index contributed by atoms with van der Waals surface area (Å²) in [7, 11) is 0. The molecular weight excluding hydrogens is 222 g/mol. The van der Waals surface area contributed by atoms with Crippen molar-refractivity contribution in [3.05, 3.63) is 0 Å². The molecule has 0 bridgehead atoms. The molecule has 17 heavy (non-hydrogen) atoms. The second-order valence-corrected chi connectivity index (χ2v) is 4.70. The Balaban J connectivity index is 3.61. The molecule has 0 aromatic rings. The second-order valence-electron chi connectivity index (χ2n) is 4.70. The summed E-state index contributed by atoms with van der Waals surface area (Å²) in [6.07, 6.45) is 2.39. The van der Waals surface area contributed by atoms with Gasteiger partial charge < -0.3 is 15.2 Å². The lowest BCUT2D eigenvalue weighted by molar-refractivity contribution is -0.147. The third-order valence-electron chi connectivity index (χ3n) is 2.53. The minimum absolute atomic E-state index is 0.0491. The summed E-state index contributed by atoms with van der Waals surface area (Å²) in [6, 6.07) is 0. The minimum atomic E-state index is -0.856. The maximum atomic E-state index is 11.3. The molecule has 5 nitrogen and oxygen atoms in total. The number of hydrogen-bond acceptors (Lipinski definition) is 3. The Morgan fingerprint density at radius 1 is 1.35 bits per heavy atom. The van der Waals surface area contributed by atoms with Crippen LogP contribution in [-0.4, -0.2) is 36.7 Å². The summed E-state index contributed by atoms with van der Waals surface area (Å²) < 4.78 is 5.14. The van der Waals surface area contributed by atoms with Crippen molar-refractivity contribution in [2.24, 2.45) is 5.41 Å². The summed E-state index contributed by atoms with van der Waals surface area (Å²) in [5, 5.41) is 11.5. The van der Waals surface area contributed by atoms with Gasteiger partial charge in [-0.25, -0.2) is 0 Å². The maximum Gasteiger partial charge on any atom is 0.309 e. The van der Waals surface area contributed by atoms with E-state index >= 15 is 0 Å². The highest BCUT2D eigenvalue weighted by atomic mass is 16.5. The number of amides is 1. The maximum absolute atomic E-state index is 11.3. The number of aliphatic carboxylic acids is 1. The van der Waals surface area contributed by atoms with E-state index in [1.54, 1.807) is 13.8 Å². The van der Waals surface area contributed by atoms with E-state index in [-0.39, 0.29) is 12.5 Å². The summed E-state index contributed by atoms with van der Waals surface area (Å²) in [5.74, 6) is -1.05. The highest BCUT2D eigenvalue weighted by molar-refractivity contribution is 5.77. The topological polar surface area (TPSA) is 75.6 Å². The number of carboxylic acids is 1. The lowest BCUT2D eigenvalue weighted by Gasteiger charge is -2.18. The van der Waals surface area contributed by atoms with Gasteiger partial charge in [0.05, 0.1) is 5.41 Å². The third kappa shape index (κ3) is 7.74. The molecule has 0 aromatic carbocycles. The summed E-state index contributed by atoms with van der Waals surface area (Å²) >= 11 is 0. The molecule has 100 valence electrons. The number of carbonyl (C=O) groups is 2. The van der Waals surface area contributed by atoms with Crippen molar-refractivity contribution in [3.8, 4) is 0 Å². The summed E-state index contributed by atoms with van der Waals surface area (Å²) in [6.45, 7) is 6.32. The van der Waals surface area contributed by atoms with Crippen molar-refractivity contribution in [1.29, 1.82) is 0 Å². The fourth-order valence-electron chi connectivity index (χ4n) is 1.08. The molecule has 0 radical (unpaired) electrons. The molecule has 0 unspecified atom stereocenters. The molecule has 0 saturated heterocycles. The van der Waals surface area contributed by atoms with Crippen LogP contribution in [0.25, 0.3) is 0 Å². The molecule has 0 saturated carbocycles. The molecule has 0 aromatic heterocycles. The zero-order chi connectivity index (χ0) is 13.3. The smallest absolute Gasteiger partial charge is 0.309 e. The highest BCUT2D eigenvalue weighted by Crippen LogP contribution is 2.19. The Labute approximate surface area is 103 Å². The Hall–Kier alpha value is -1.10. The molecule has 2 N–H and O–H groups in total. The monoisotopic (exact) mass is 245 g/mol. The van der Waals surface area contributed by atoms with E-state index in [2.05, 4.69) is 12.2 Å². The standard InChI is InChI=1S/C12H23NO4/c1-4-5-8-17-9-10(14)13-7-6-12(2,3)11(15)16/h4-9H2,1-3H3,(H,13,14)(H,15,16). The molecule has 0 heterocycles. The molecule has 5 heteroatoms. The third-order valence-corrected chi connectivity index (χ3v) is 2.53. The van der Waals surface area contributed by atoms with Gasteiger partial charge >= 0.3 is 5.97 Å². The van der Waals surface area contributed by atoms with Crippen LogP contribution in [0.4, 0.5) is 0 Å². The molecule has 0 spiro atoms. The molecule has 0 aliphatic rings. The Kier molecular flexibility index (Phi) is 7.54. The lowest BCUT2D eigenvalue weighted by Crippen LogP contribution is -2.33. The van der Waals surface area contributed by atoms with Gasteiger partial charge in [0.2, 0.25) is 5.91 Å². The normalized spacial score (nSPS) is 11.2. The van der Waals surface area contributed by atoms with E-state index in [4.69, 9.17) is 9.84 Å². The summed E-state index contributed by atoms with van der Waals surface area (Å²) in [4.78, 5) is 22.1. The number of unbranched alkanes of at least 4 members (excludes halogenated alkanes) is 1. The van der Waals surface area contributed by atoms with Gasteiger partial charge in [0, 0.05) is 13.2 Å². The van der Waals surface area contributed by atoms with Crippen LogP contribution in [0.1, 0.15) is 40.0 Å². The zero-order valence-electron chi connectivity index (χ0n) is 10.9. The second kappa shape index (κ2) is 8.06. The molecule has 0 atom stereocenters. The first-order chi connectivity index (χ1) is 7.90. The van der Waals surface area contributed by atoms with E-state index in [9.17, 15) is 9.59 Å². The van der Waals surface area contributed by atoms with Crippen LogP contribution < -0.4 is 5.32 Å². The van der Waals surface area contributed by atoms with E-state index in [1.165, 1.54) is 0 Å². The SMILES string of the molecule is CCCCOCC(=O)NCCC(C)(C)C(=O)O. The zero-order valence-corrected chi connectivity index (χ0v) is 10.9. The van der Waals surface area contributed by atoms with Crippen LogP contribution in [0.5, 0.6) is 0 Å². The van der Waals surface area contributed by atoms with Crippen LogP contribution >= 0.6 is 0 Å². The van der Waals surface area contributed by atoms with Crippen LogP contribution in [0.2, 0.25) is 0 Å². The Bertz CT molecular complexity index is 251. The van der Waals surface area contributed by atoms with E-state index in [0.717, 1.165) is 12.8 Å². The number of carbonyl (C=O) groups excluding carboxylic acids is 1. The van der Waals surface area contributed by atoms with Crippen LogP contribution in [0.3, 0.4) is 0 Å². The summed E-state index contributed by atoms with van der Waals surface area (Å²) in [5.41, 5.74) is -0.809. The quantitative estimate of drug-likeness (QED) is 0.602. The van der Waals surface area contributed by atoms with Crippen LogP contribution in [0, 0.1) is 5.41 Å². The predicted octanol–water partition coefficient (Wildman–Crippen LogP) is 1.42. The number of nitrogens with one attached hydrogen (secondary N) is 1. The lowest BCUT2D eigenvalue weighted by atomic mass is 9.90. The molecule has 1 amide bonds. The molecule has 0 fully saturated rings. The first-order valence-corrected chi connectivity index (χ1v) is 5.98. The number of hydrogen-bond donors (Lipinski definition) is 2. The molecular formula is C12H23NO4. The van der Waals surface area contributed by atoms with Gasteiger partial charge in [-0.05, 0) is 26.7 Å². The Morgan fingerprint density at radius 2 is 2.00 bits per heavy atom. The molecule has 0 rings (SSSR count). The predicted molar refractivity (Wildman–Crippen MR) is 64.8 cm³/mol. The fraction of sp³-hybridized carbons (Fsp3) is 0.833. The van der Waals surface area contributed by atoms with Gasteiger partial charge in [0.15, 0.2) is 0 Å². The Morgan fingerprint density at radius 3 is 2.53 bits per heavy atom. The van der Waals surface area contributed by atoms with E-state index in [1.807, 2.05) is 0 Å². The highest BCUT2D eigenvalue weighted by Gasteiger charge is 2.26. The largest absolute Gasteiger partial charge is 0.481 e. The van der Waals surface area contributed by atoms with E-state index < -0.39 is 11.4 Å².